The Hall–Kier alpha value is -1.06. The summed E-state index contributed by atoms with van der Waals surface area (Å²) in [7, 11) is 1.41. The average molecular weight is 480 g/mol. The van der Waals surface area contributed by atoms with Gasteiger partial charge in [-0.25, -0.2) is 4.79 Å². The third kappa shape index (κ3) is 4.23. The number of carbonyl (C=O) groups excluding carboxylic acids is 1. The van der Waals surface area contributed by atoms with Crippen LogP contribution in [0.5, 0.6) is 0 Å². The minimum Gasteiger partial charge on any atom is -0.467 e. The quantitative estimate of drug-likeness (QED) is 0.430. The zero-order chi connectivity index (χ0) is 24.0. The number of ether oxygens (including phenoxy) is 6. The van der Waals surface area contributed by atoms with Crippen molar-refractivity contribution in [3.63, 3.8) is 0 Å². The van der Waals surface area contributed by atoms with E-state index in [1.54, 1.807) is 6.21 Å². The molecule has 8 nitrogen and oxygen atoms in total. The highest BCUT2D eigenvalue weighted by atomic mass is 16.9. The molecular weight excluding hydrogens is 438 g/mol. The maximum absolute atomic E-state index is 12.7. The van der Waals surface area contributed by atoms with E-state index >= 15 is 0 Å². The zero-order valence-electron chi connectivity index (χ0n) is 21.1. The minimum absolute atomic E-state index is 0.00495. The predicted octanol–water partition coefficient (Wildman–Crippen LogP) is 4.28. The molecule has 5 rings (SSSR count). The topological polar surface area (TPSA) is 84.8 Å². The van der Waals surface area contributed by atoms with Crippen LogP contribution in [0.2, 0.25) is 0 Å². The van der Waals surface area contributed by atoms with Crippen LogP contribution < -0.4 is 0 Å². The summed E-state index contributed by atoms with van der Waals surface area (Å²) in [4.78, 5) is 17.5. The molecular formula is C26H41NO7. The molecule has 0 aromatic carbocycles. The molecule has 0 bridgehead atoms. The van der Waals surface area contributed by atoms with E-state index < -0.39 is 29.5 Å². The largest absolute Gasteiger partial charge is 0.467 e. The van der Waals surface area contributed by atoms with Gasteiger partial charge in [0.15, 0.2) is 23.4 Å². The van der Waals surface area contributed by atoms with E-state index in [4.69, 9.17) is 33.4 Å². The maximum atomic E-state index is 12.7. The van der Waals surface area contributed by atoms with Gasteiger partial charge in [0, 0.05) is 31.9 Å². The second-order valence-corrected chi connectivity index (χ2v) is 11.0. The molecule has 2 saturated carbocycles. The number of carbonyl (C=O) groups is 1. The fourth-order valence-electron chi connectivity index (χ4n) is 6.32. The van der Waals surface area contributed by atoms with Gasteiger partial charge in [-0.2, -0.15) is 0 Å². The Morgan fingerprint density at radius 1 is 0.971 bits per heavy atom. The number of hydrogen-bond acceptors (Lipinski definition) is 8. The van der Waals surface area contributed by atoms with Crippen molar-refractivity contribution >= 4 is 12.2 Å². The first-order chi connectivity index (χ1) is 16.3. The zero-order valence-corrected chi connectivity index (χ0v) is 21.1. The summed E-state index contributed by atoms with van der Waals surface area (Å²) in [6, 6.07) is 0. The van der Waals surface area contributed by atoms with Crippen LogP contribution in [0.3, 0.4) is 0 Å². The third-order valence-corrected chi connectivity index (χ3v) is 8.81. The van der Waals surface area contributed by atoms with Crippen LogP contribution in [0, 0.1) is 5.92 Å². The van der Waals surface area contributed by atoms with Crippen molar-refractivity contribution in [3.8, 4) is 0 Å². The standard InChI is InChI=1S/C26H41NO7/c1-5-17(2)24(3,23(28)29-4)27-16-18-19-20(32-25(31-19)12-8-6-9-13-25)21-22(30-18)34-26(33-21)14-10-7-11-15-26/h16-22H,5-15H2,1-4H3/t17-,18+,19-,20-,21+,22+,24+/m0/s1. The molecule has 34 heavy (non-hydrogen) atoms. The van der Waals surface area contributed by atoms with Crippen LogP contribution in [-0.4, -0.2) is 67.1 Å². The van der Waals surface area contributed by atoms with Crippen molar-refractivity contribution in [1.82, 2.24) is 0 Å². The van der Waals surface area contributed by atoms with Gasteiger partial charge in [0.2, 0.25) is 0 Å². The van der Waals surface area contributed by atoms with E-state index in [0.29, 0.717) is 0 Å². The lowest BCUT2D eigenvalue weighted by Gasteiger charge is -2.36. The molecule has 3 aliphatic heterocycles. The molecule has 0 radical (unpaired) electrons. The van der Waals surface area contributed by atoms with Crippen molar-refractivity contribution in [2.75, 3.05) is 7.11 Å². The van der Waals surface area contributed by atoms with Crippen LogP contribution in [0.15, 0.2) is 4.99 Å². The van der Waals surface area contributed by atoms with Crippen molar-refractivity contribution in [2.45, 2.75) is 139 Å². The third-order valence-electron chi connectivity index (χ3n) is 8.81. The van der Waals surface area contributed by atoms with Gasteiger partial charge in [0.25, 0.3) is 0 Å². The summed E-state index contributed by atoms with van der Waals surface area (Å²) in [5, 5.41) is 0. The Balaban J connectivity index is 1.43. The number of methoxy groups -OCH3 is 1. The normalized spacial score (nSPS) is 39.0. The number of nitrogens with zero attached hydrogens (tertiary/aromatic N) is 1. The number of aliphatic imine (C=N–C) groups is 1. The number of rotatable bonds is 5. The molecule has 0 aromatic heterocycles. The summed E-state index contributed by atoms with van der Waals surface area (Å²) >= 11 is 0. The van der Waals surface area contributed by atoms with Gasteiger partial charge in [-0.3, -0.25) is 4.99 Å². The number of esters is 1. The molecule has 8 heteroatoms. The molecule has 2 spiro atoms. The minimum atomic E-state index is -1.00. The van der Waals surface area contributed by atoms with Crippen molar-refractivity contribution < 1.29 is 33.2 Å². The van der Waals surface area contributed by atoms with Crippen LogP contribution in [0.4, 0.5) is 0 Å². The van der Waals surface area contributed by atoms with Crippen molar-refractivity contribution in [1.29, 1.82) is 0 Å². The Labute approximate surface area is 203 Å². The van der Waals surface area contributed by atoms with Crippen molar-refractivity contribution in [2.24, 2.45) is 10.9 Å². The first-order valence-corrected chi connectivity index (χ1v) is 13.3. The lowest BCUT2D eigenvalue weighted by atomic mass is 9.85. The SMILES string of the molecule is CC[C@H](C)[C@@](C)(N=C[C@H]1O[C@@H]2OC3(CCCCC3)O[C@@H]2[C@H]2OC3(CCCCC3)O[C@H]21)C(=O)OC. The summed E-state index contributed by atoms with van der Waals surface area (Å²) in [5.74, 6) is -1.53. The highest BCUT2D eigenvalue weighted by Gasteiger charge is 2.63. The van der Waals surface area contributed by atoms with Crippen LogP contribution in [-0.2, 0) is 33.2 Å². The Morgan fingerprint density at radius 3 is 2.12 bits per heavy atom. The smallest absolute Gasteiger partial charge is 0.333 e. The van der Waals surface area contributed by atoms with Gasteiger partial charge in [-0.1, -0.05) is 33.1 Å². The highest BCUT2D eigenvalue weighted by molar-refractivity contribution is 5.83. The lowest BCUT2D eigenvalue weighted by molar-refractivity contribution is -0.240. The van der Waals surface area contributed by atoms with E-state index in [-0.39, 0.29) is 30.2 Å². The molecule has 3 saturated heterocycles. The van der Waals surface area contributed by atoms with Gasteiger partial charge in [0.05, 0.1) is 7.11 Å². The first kappa shape index (κ1) is 24.6. The maximum Gasteiger partial charge on any atom is 0.333 e. The second kappa shape index (κ2) is 9.43. The lowest BCUT2D eigenvalue weighted by Crippen LogP contribution is -2.55. The van der Waals surface area contributed by atoms with Gasteiger partial charge in [-0.05, 0) is 38.5 Å². The fourth-order valence-corrected chi connectivity index (χ4v) is 6.32. The average Bonchev–Trinajstić information content (AvgIpc) is 3.40. The molecule has 0 aromatic rings. The Kier molecular flexibility index (Phi) is 6.83. The fraction of sp³-hybridized carbons (Fsp3) is 0.923. The molecule has 3 heterocycles. The monoisotopic (exact) mass is 479 g/mol. The molecule has 192 valence electrons. The van der Waals surface area contributed by atoms with Crippen LogP contribution in [0.25, 0.3) is 0 Å². The van der Waals surface area contributed by atoms with E-state index in [1.165, 1.54) is 20.0 Å². The van der Waals surface area contributed by atoms with Gasteiger partial charge < -0.3 is 28.4 Å². The molecule has 2 aliphatic carbocycles. The molecule has 0 N–H and O–H groups in total. The van der Waals surface area contributed by atoms with E-state index in [9.17, 15) is 4.79 Å². The summed E-state index contributed by atoms with van der Waals surface area (Å²) in [5.41, 5.74) is -1.00. The Bertz CT molecular complexity index is 775. The summed E-state index contributed by atoms with van der Waals surface area (Å²) in [6.07, 6.45) is 10.8. The molecule has 5 fully saturated rings. The predicted molar refractivity (Wildman–Crippen MR) is 124 cm³/mol. The highest BCUT2D eigenvalue weighted by Crippen LogP contribution is 2.50. The molecule has 0 unspecified atom stereocenters. The number of hydrogen-bond donors (Lipinski definition) is 0. The molecule has 7 atom stereocenters. The van der Waals surface area contributed by atoms with E-state index in [0.717, 1.165) is 57.8 Å². The van der Waals surface area contributed by atoms with Gasteiger partial charge in [-0.15, -0.1) is 0 Å². The van der Waals surface area contributed by atoms with Crippen LogP contribution >= 0.6 is 0 Å². The summed E-state index contributed by atoms with van der Waals surface area (Å²) < 4.78 is 37.9. The molecule has 0 amide bonds. The van der Waals surface area contributed by atoms with E-state index in [2.05, 4.69) is 0 Å². The van der Waals surface area contributed by atoms with E-state index in [1.807, 2.05) is 20.8 Å². The Morgan fingerprint density at radius 2 is 1.53 bits per heavy atom. The van der Waals surface area contributed by atoms with Gasteiger partial charge in [0.1, 0.15) is 24.4 Å². The van der Waals surface area contributed by atoms with Crippen LogP contribution in [0.1, 0.15) is 91.4 Å². The molecule has 5 aliphatic rings. The second-order valence-electron chi connectivity index (χ2n) is 11.0. The summed E-state index contributed by atoms with van der Waals surface area (Å²) in [6.45, 7) is 5.89. The first-order valence-electron chi connectivity index (χ1n) is 13.3. The van der Waals surface area contributed by atoms with Gasteiger partial charge >= 0.3 is 5.97 Å². The number of fused-ring (bicyclic) bond motifs is 3. The van der Waals surface area contributed by atoms with Crippen molar-refractivity contribution in [3.05, 3.63) is 0 Å².